The standard InChI is InChI=1S/C13H21N3O2S/c1-13(2,3)18-12(17)16-9-7-15(8-10-16)11(19-4)5-6-14/h5H,7-10H2,1-4H3/b11-5+. The Labute approximate surface area is 119 Å². The number of thioether (sulfide) groups is 1. The first-order chi connectivity index (χ1) is 8.87. The summed E-state index contributed by atoms with van der Waals surface area (Å²) in [6.45, 7) is 8.30. The largest absolute Gasteiger partial charge is 0.444 e. The fourth-order valence-electron chi connectivity index (χ4n) is 1.77. The lowest BCUT2D eigenvalue weighted by atomic mass is 10.2. The maximum atomic E-state index is 11.9. The first kappa shape index (κ1) is 15.7. The molecule has 0 aliphatic carbocycles. The number of nitrogens with zero attached hydrogens (tertiary/aromatic N) is 3. The van der Waals surface area contributed by atoms with Gasteiger partial charge in [-0.2, -0.15) is 5.26 Å². The van der Waals surface area contributed by atoms with Crippen LogP contribution in [-0.2, 0) is 4.74 Å². The third kappa shape index (κ3) is 5.03. The highest BCUT2D eigenvalue weighted by atomic mass is 32.2. The molecular formula is C13H21N3O2S. The summed E-state index contributed by atoms with van der Waals surface area (Å²) in [4.78, 5) is 15.7. The smallest absolute Gasteiger partial charge is 0.410 e. The van der Waals surface area contributed by atoms with Crippen LogP contribution < -0.4 is 0 Å². The zero-order valence-electron chi connectivity index (χ0n) is 12.0. The van der Waals surface area contributed by atoms with E-state index in [4.69, 9.17) is 10.00 Å². The van der Waals surface area contributed by atoms with Crippen LogP contribution in [0.2, 0.25) is 0 Å². The molecule has 1 amide bonds. The molecule has 1 rings (SSSR count). The van der Waals surface area contributed by atoms with Crippen LogP contribution in [0.1, 0.15) is 20.8 Å². The second-order valence-electron chi connectivity index (χ2n) is 5.27. The number of hydrogen-bond acceptors (Lipinski definition) is 5. The van der Waals surface area contributed by atoms with Crippen molar-refractivity contribution in [1.29, 1.82) is 5.26 Å². The van der Waals surface area contributed by atoms with Crippen LogP contribution in [0.15, 0.2) is 11.1 Å². The first-order valence-corrected chi connectivity index (χ1v) is 7.46. The molecule has 1 aliphatic heterocycles. The maximum absolute atomic E-state index is 11.9. The first-order valence-electron chi connectivity index (χ1n) is 6.24. The van der Waals surface area contributed by atoms with E-state index in [1.165, 1.54) is 0 Å². The average molecular weight is 283 g/mol. The molecule has 1 fully saturated rings. The quantitative estimate of drug-likeness (QED) is 0.728. The summed E-state index contributed by atoms with van der Waals surface area (Å²) < 4.78 is 5.34. The van der Waals surface area contributed by atoms with E-state index in [1.807, 2.05) is 27.0 Å². The summed E-state index contributed by atoms with van der Waals surface area (Å²) in [6.07, 6.45) is 3.24. The van der Waals surface area contributed by atoms with Gasteiger partial charge in [0.1, 0.15) is 5.60 Å². The lowest BCUT2D eigenvalue weighted by Gasteiger charge is -2.37. The molecule has 0 aromatic rings. The van der Waals surface area contributed by atoms with Gasteiger partial charge in [0.25, 0.3) is 0 Å². The number of amides is 1. The molecular weight excluding hydrogens is 262 g/mol. The summed E-state index contributed by atoms with van der Waals surface area (Å²) in [7, 11) is 0. The van der Waals surface area contributed by atoms with E-state index in [1.54, 1.807) is 22.7 Å². The van der Waals surface area contributed by atoms with Crippen molar-refractivity contribution in [2.75, 3.05) is 32.4 Å². The zero-order chi connectivity index (χ0) is 14.5. The van der Waals surface area contributed by atoms with Gasteiger partial charge < -0.3 is 14.5 Å². The molecule has 1 saturated heterocycles. The minimum absolute atomic E-state index is 0.262. The molecule has 0 spiro atoms. The van der Waals surface area contributed by atoms with Crippen molar-refractivity contribution in [2.45, 2.75) is 26.4 Å². The molecule has 0 unspecified atom stereocenters. The van der Waals surface area contributed by atoms with Gasteiger partial charge in [0, 0.05) is 32.3 Å². The number of carbonyl (C=O) groups excluding carboxylic acids is 1. The molecule has 0 N–H and O–H groups in total. The Morgan fingerprint density at radius 1 is 1.26 bits per heavy atom. The molecule has 1 heterocycles. The van der Waals surface area contributed by atoms with Gasteiger partial charge >= 0.3 is 6.09 Å². The average Bonchev–Trinajstić information content (AvgIpc) is 2.34. The molecule has 0 bridgehead atoms. The van der Waals surface area contributed by atoms with Crippen molar-refractivity contribution in [1.82, 2.24) is 9.80 Å². The van der Waals surface area contributed by atoms with Gasteiger partial charge in [-0.15, -0.1) is 11.8 Å². The SMILES string of the molecule is CS/C(=C/C#N)N1CCN(C(=O)OC(C)(C)C)CC1. The van der Waals surface area contributed by atoms with Gasteiger partial charge in [0.2, 0.25) is 0 Å². The minimum atomic E-state index is -0.459. The van der Waals surface area contributed by atoms with Gasteiger partial charge in [0.05, 0.1) is 11.1 Å². The Bertz CT molecular complexity index is 388. The van der Waals surface area contributed by atoms with Crippen LogP contribution in [0, 0.1) is 11.3 Å². The van der Waals surface area contributed by atoms with E-state index in [0.717, 1.165) is 18.1 Å². The Morgan fingerprint density at radius 3 is 2.21 bits per heavy atom. The van der Waals surface area contributed by atoms with Gasteiger partial charge in [-0.1, -0.05) is 0 Å². The Morgan fingerprint density at radius 2 is 1.79 bits per heavy atom. The molecule has 0 atom stereocenters. The van der Waals surface area contributed by atoms with Crippen LogP contribution in [-0.4, -0.2) is 53.9 Å². The van der Waals surface area contributed by atoms with E-state index in [0.29, 0.717) is 13.1 Å². The van der Waals surface area contributed by atoms with E-state index >= 15 is 0 Å². The fraction of sp³-hybridized carbons (Fsp3) is 0.692. The number of piperazine rings is 1. The van der Waals surface area contributed by atoms with Gasteiger partial charge in [0.15, 0.2) is 0 Å². The predicted molar refractivity (Wildman–Crippen MR) is 76.6 cm³/mol. The number of nitriles is 1. The van der Waals surface area contributed by atoms with E-state index in [9.17, 15) is 4.79 Å². The predicted octanol–water partition coefficient (Wildman–Crippen LogP) is 2.27. The van der Waals surface area contributed by atoms with Crippen LogP contribution in [0.3, 0.4) is 0 Å². The van der Waals surface area contributed by atoms with Crippen LogP contribution in [0.4, 0.5) is 4.79 Å². The Balaban J connectivity index is 2.52. The lowest BCUT2D eigenvalue weighted by molar-refractivity contribution is 0.0174. The lowest BCUT2D eigenvalue weighted by Crippen LogP contribution is -2.49. The second-order valence-corrected chi connectivity index (χ2v) is 6.10. The summed E-state index contributed by atoms with van der Waals surface area (Å²) in [5.74, 6) is 0. The molecule has 0 aromatic carbocycles. The monoisotopic (exact) mass is 283 g/mol. The Kier molecular flexibility index (Phi) is 5.55. The number of rotatable bonds is 2. The zero-order valence-corrected chi connectivity index (χ0v) is 12.8. The normalized spacial score (nSPS) is 17.1. The number of allylic oxidation sites excluding steroid dienone is 1. The third-order valence-electron chi connectivity index (χ3n) is 2.64. The van der Waals surface area contributed by atoms with Crippen molar-refractivity contribution in [3.63, 3.8) is 0 Å². The van der Waals surface area contributed by atoms with Crippen molar-refractivity contribution >= 4 is 17.9 Å². The van der Waals surface area contributed by atoms with E-state index in [-0.39, 0.29) is 6.09 Å². The molecule has 0 saturated carbocycles. The fourth-order valence-corrected chi connectivity index (χ4v) is 2.38. The summed E-state index contributed by atoms with van der Waals surface area (Å²) in [5.41, 5.74) is -0.459. The molecule has 19 heavy (non-hydrogen) atoms. The van der Waals surface area contributed by atoms with Gasteiger partial charge in [-0.25, -0.2) is 4.79 Å². The van der Waals surface area contributed by atoms with Crippen molar-refractivity contribution < 1.29 is 9.53 Å². The Hall–Kier alpha value is -1.35. The molecule has 6 heteroatoms. The number of hydrogen-bond donors (Lipinski definition) is 0. The maximum Gasteiger partial charge on any atom is 0.410 e. The molecule has 0 radical (unpaired) electrons. The summed E-state index contributed by atoms with van der Waals surface area (Å²) in [5, 5.41) is 9.67. The van der Waals surface area contributed by atoms with Crippen LogP contribution >= 0.6 is 11.8 Å². The van der Waals surface area contributed by atoms with Crippen molar-refractivity contribution in [2.24, 2.45) is 0 Å². The number of carbonyl (C=O) groups is 1. The van der Waals surface area contributed by atoms with Gasteiger partial charge in [-0.3, -0.25) is 0 Å². The van der Waals surface area contributed by atoms with E-state index < -0.39 is 5.60 Å². The highest BCUT2D eigenvalue weighted by Gasteiger charge is 2.26. The highest BCUT2D eigenvalue weighted by molar-refractivity contribution is 8.02. The minimum Gasteiger partial charge on any atom is -0.444 e. The van der Waals surface area contributed by atoms with E-state index in [2.05, 4.69) is 11.0 Å². The molecule has 106 valence electrons. The third-order valence-corrected chi connectivity index (χ3v) is 3.43. The van der Waals surface area contributed by atoms with Crippen LogP contribution in [0.25, 0.3) is 0 Å². The molecule has 1 aliphatic rings. The molecule has 5 nitrogen and oxygen atoms in total. The van der Waals surface area contributed by atoms with Gasteiger partial charge in [-0.05, 0) is 27.0 Å². The summed E-state index contributed by atoms with van der Waals surface area (Å²) >= 11 is 1.55. The number of ether oxygens (including phenoxy) is 1. The second kappa shape index (κ2) is 6.71. The highest BCUT2D eigenvalue weighted by Crippen LogP contribution is 2.20. The summed E-state index contributed by atoms with van der Waals surface area (Å²) in [6, 6.07) is 2.05. The topological polar surface area (TPSA) is 56.6 Å². The van der Waals surface area contributed by atoms with Crippen LogP contribution in [0.5, 0.6) is 0 Å². The van der Waals surface area contributed by atoms with Crippen molar-refractivity contribution in [3.8, 4) is 6.07 Å². The molecule has 0 aromatic heterocycles. The van der Waals surface area contributed by atoms with Crippen molar-refractivity contribution in [3.05, 3.63) is 11.1 Å².